The highest BCUT2D eigenvalue weighted by atomic mass is 32.2. The van der Waals surface area contributed by atoms with E-state index in [0.717, 1.165) is 32.2 Å². The minimum Gasteiger partial charge on any atom is -0.438 e. The third-order valence-corrected chi connectivity index (χ3v) is 7.06. The number of aromatic nitrogens is 4. The first kappa shape index (κ1) is 23.3. The van der Waals surface area contributed by atoms with Gasteiger partial charge < -0.3 is 4.74 Å². The smallest absolute Gasteiger partial charge is 0.233 e. The van der Waals surface area contributed by atoms with Gasteiger partial charge in [-0.25, -0.2) is 23.1 Å². The quantitative estimate of drug-likeness (QED) is 0.539. The van der Waals surface area contributed by atoms with E-state index in [4.69, 9.17) is 4.74 Å². The number of ether oxygens (including phenoxy) is 1. The molecule has 0 aliphatic carbocycles. The maximum Gasteiger partial charge on any atom is 0.233 e. The highest BCUT2D eigenvalue weighted by Crippen LogP contribution is 2.31. The van der Waals surface area contributed by atoms with Gasteiger partial charge in [-0.3, -0.25) is 9.69 Å². The van der Waals surface area contributed by atoms with Crippen LogP contribution in [0.5, 0.6) is 11.6 Å². The fourth-order valence-electron chi connectivity index (χ4n) is 3.82. The van der Waals surface area contributed by atoms with E-state index in [2.05, 4.69) is 20.0 Å². The number of sulfone groups is 1. The minimum absolute atomic E-state index is 0.181. The molecule has 176 valence electrons. The monoisotopic (exact) mass is 471 g/mol. The van der Waals surface area contributed by atoms with Gasteiger partial charge in [0.1, 0.15) is 17.5 Å². The lowest BCUT2D eigenvalue weighted by Crippen LogP contribution is -2.41. The maximum atomic E-state index is 12.4. The molecule has 1 aliphatic rings. The van der Waals surface area contributed by atoms with Crippen LogP contribution in [0.3, 0.4) is 0 Å². The van der Waals surface area contributed by atoms with E-state index in [1.165, 1.54) is 18.5 Å². The summed E-state index contributed by atoms with van der Waals surface area (Å²) < 4.78 is 31.1. The van der Waals surface area contributed by atoms with Crippen molar-refractivity contribution < 1.29 is 17.9 Å². The lowest BCUT2D eigenvalue weighted by atomic mass is 9.90. The van der Waals surface area contributed by atoms with Crippen molar-refractivity contribution in [1.82, 2.24) is 24.6 Å². The van der Waals surface area contributed by atoms with Crippen molar-refractivity contribution in [3.63, 3.8) is 0 Å². The number of carbonyl (C=O) groups excluding carboxylic acids is 1. The predicted molar refractivity (Wildman–Crippen MR) is 124 cm³/mol. The molecule has 2 aromatic heterocycles. The van der Waals surface area contributed by atoms with Gasteiger partial charge in [-0.05, 0) is 37.1 Å². The summed E-state index contributed by atoms with van der Waals surface area (Å²) in [6, 6.07) is 6.39. The van der Waals surface area contributed by atoms with Gasteiger partial charge in [0.2, 0.25) is 5.88 Å². The number of fused-ring (bicyclic) bond motifs is 1. The molecule has 0 bridgehead atoms. The van der Waals surface area contributed by atoms with Crippen LogP contribution in [0.25, 0.3) is 11.0 Å². The van der Waals surface area contributed by atoms with E-state index < -0.39 is 9.84 Å². The molecule has 1 aromatic carbocycles. The molecule has 4 rings (SSSR count). The van der Waals surface area contributed by atoms with Gasteiger partial charge in [-0.15, -0.1) is 0 Å². The lowest BCUT2D eigenvalue weighted by molar-refractivity contribution is -0.127. The van der Waals surface area contributed by atoms with Crippen LogP contribution in [0.1, 0.15) is 39.7 Å². The molecule has 0 spiro atoms. The molecular formula is C23H29N5O4S. The van der Waals surface area contributed by atoms with E-state index in [1.54, 1.807) is 18.3 Å². The summed E-state index contributed by atoms with van der Waals surface area (Å²) in [5.41, 5.74) is 0.366. The first-order chi connectivity index (χ1) is 15.5. The molecule has 0 unspecified atom stereocenters. The number of hydrogen-bond donors (Lipinski definition) is 0. The van der Waals surface area contributed by atoms with Crippen LogP contribution in [0.2, 0.25) is 0 Å². The van der Waals surface area contributed by atoms with Gasteiger partial charge >= 0.3 is 0 Å². The average molecular weight is 472 g/mol. The second kappa shape index (κ2) is 8.83. The van der Waals surface area contributed by atoms with E-state index in [1.807, 2.05) is 25.5 Å². The molecule has 0 atom stereocenters. The van der Waals surface area contributed by atoms with Crippen LogP contribution in [0.15, 0.2) is 41.7 Å². The summed E-state index contributed by atoms with van der Waals surface area (Å²) in [6.45, 7) is 8.00. The van der Waals surface area contributed by atoms with Gasteiger partial charge in [0.05, 0.1) is 23.7 Å². The van der Waals surface area contributed by atoms with E-state index in [-0.39, 0.29) is 22.1 Å². The molecule has 33 heavy (non-hydrogen) atoms. The molecule has 0 N–H and O–H groups in total. The van der Waals surface area contributed by atoms with Crippen LogP contribution in [0.4, 0.5) is 0 Å². The number of rotatable bonds is 6. The van der Waals surface area contributed by atoms with Crippen molar-refractivity contribution in [3.05, 3.63) is 36.8 Å². The first-order valence-electron chi connectivity index (χ1n) is 10.9. The topological polar surface area (TPSA) is 107 Å². The molecule has 3 aromatic rings. The third kappa shape index (κ3) is 5.22. The minimum atomic E-state index is -3.27. The van der Waals surface area contributed by atoms with Crippen LogP contribution >= 0.6 is 0 Å². The molecule has 1 fully saturated rings. The summed E-state index contributed by atoms with van der Waals surface area (Å²) in [6.07, 6.45) is 6.06. The molecule has 0 amide bonds. The summed E-state index contributed by atoms with van der Waals surface area (Å²) >= 11 is 0. The molecule has 1 saturated heterocycles. The van der Waals surface area contributed by atoms with Crippen molar-refractivity contribution >= 4 is 26.7 Å². The van der Waals surface area contributed by atoms with Crippen LogP contribution in [0, 0.1) is 5.41 Å². The third-order valence-electron chi connectivity index (χ3n) is 5.93. The number of piperidine rings is 1. The number of nitrogens with zero attached hydrogens (tertiary/aromatic N) is 5. The van der Waals surface area contributed by atoms with Crippen LogP contribution < -0.4 is 4.74 Å². The summed E-state index contributed by atoms with van der Waals surface area (Å²) in [7, 11) is -3.27. The first-order valence-corrected chi connectivity index (χ1v) is 12.8. The van der Waals surface area contributed by atoms with Gasteiger partial charge in [0.15, 0.2) is 21.3 Å². The molecule has 1 aliphatic heterocycles. The van der Waals surface area contributed by atoms with Crippen molar-refractivity contribution in [2.24, 2.45) is 5.41 Å². The van der Waals surface area contributed by atoms with Crippen molar-refractivity contribution in [2.75, 3.05) is 25.9 Å². The zero-order valence-electron chi connectivity index (χ0n) is 19.4. The normalized spacial score (nSPS) is 16.2. The van der Waals surface area contributed by atoms with Crippen LogP contribution in [-0.2, 0) is 14.6 Å². The fraction of sp³-hybridized carbons (Fsp3) is 0.478. The predicted octanol–water partition coefficient (Wildman–Crippen LogP) is 3.27. The van der Waals surface area contributed by atoms with Crippen molar-refractivity contribution in [2.45, 2.75) is 44.6 Å². The molecule has 3 heterocycles. The van der Waals surface area contributed by atoms with Crippen molar-refractivity contribution in [1.29, 1.82) is 0 Å². The lowest BCUT2D eigenvalue weighted by Gasteiger charge is -2.33. The standard InChI is InChI=1S/C23H29N5O4S/c1-23(2,3)20(29)14-27-11-9-16(10-12-27)28-21-19(13-26-28)22(25-15-24-21)32-17-5-7-18(8-6-17)33(4,30)31/h5-8,13,15-16H,9-12,14H2,1-4H3. The van der Waals surface area contributed by atoms with Gasteiger partial charge in [0.25, 0.3) is 0 Å². The molecule has 0 saturated carbocycles. The molecule has 10 heteroatoms. The summed E-state index contributed by atoms with van der Waals surface area (Å²) in [5.74, 6) is 1.10. The fourth-order valence-corrected chi connectivity index (χ4v) is 4.45. The molecular weight excluding hydrogens is 442 g/mol. The Bertz CT molecular complexity index is 1250. The van der Waals surface area contributed by atoms with E-state index in [9.17, 15) is 13.2 Å². The largest absolute Gasteiger partial charge is 0.438 e. The second-order valence-electron chi connectivity index (χ2n) is 9.53. The highest BCUT2D eigenvalue weighted by molar-refractivity contribution is 7.90. The molecule has 9 nitrogen and oxygen atoms in total. The van der Waals surface area contributed by atoms with Crippen LogP contribution in [-0.4, -0.2) is 64.7 Å². The summed E-state index contributed by atoms with van der Waals surface area (Å²) in [5, 5.41) is 5.25. The Morgan fingerprint density at radius 3 is 2.39 bits per heavy atom. The Balaban J connectivity index is 1.47. The second-order valence-corrected chi connectivity index (χ2v) is 11.5. The SMILES string of the molecule is CC(C)(C)C(=O)CN1CCC(n2ncc3c(Oc4ccc(S(C)(=O)=O)cc4)ncnc32)CC1. The number of benzene rings is 1. The Morgan fingerprint density at radius 2 is 1.79 bits per heavy atom. The van der Waals surface area contributed by atoms with Crippen molar-refractivity contribution in [3.8, 4) is 11.6 Å². The Hall–Kier alpha value is -2.85. The zero-order valence-corrected chi connectivity index (χ0v) is 20.2. The number of carbonyl (C=O) groups is 1. The van der Waals surface area contributed by atoms with E-state index in [0.29, 0.717) is 29.2 Å². The Morgan fingerprint density at radius 1 is 1.12 bits per heavy atom. The van der Waals surface area contributed by atoms with E-state index >= 15 is 0 Å². The number of Topliss-reactive ketones (excluding diaryl/α,β-unsaturated/α-hetero) is 1. The van der Waals surface area contributed by atoms with Gasteiger partial charge in [-0.1, -0.05) is 20.8 Å². The van der Waals surface area contributed by atoms with Gasteiger partial charge in [0, 0.05) is 24.8 Å². The zero-order chi connectivity index (χ0) is 23.8. The Kier molecular flexibility index (Phi) is 6.24. The average Bonchev–Trinajstić information content (AvgIpc) is 3.19. The number of ketones is 1. The summed E-state index contributed by atoms with van der Waals surface area (Å²) in [4.78, 5) is 23.5. The Labute approximate surface area is 193 Å². The molecule has 0 radical (unpaired) electrons. The highest BCUT2D eigenvalue weighted by Gasteiger charge is 2.28. The number of likely N-dealkylation sites (tertiary alicyclic amines) is 1. The maximum absolute atomic E-state index is 12.4. The van der Waals surface area contributed by atoms with Gasteiger partial charge in [-0.2, -0.15) is 5.10 Å². The number of hydrogen-bond acceptors (Lipinski definition) is 8.